The van der Waals surface area contributed by atoms with Crippen LogP contribution in [-0.2, 0) is 9.53 Å². The second kappa shape index (κ2) is 6.90. The van der Waals surface area contributed by atoms with Crippen LogP contribution >= 0.6 is 37.9 Å². The van der Waals surface area contributed by atoms with Crippen LogP contribution in [0.15, 0.2) is 0 Å². The van der Waals surface area contributed by atoms with Gasteiger partial charge < -0.3 is 4.74 Å². The van der Waals surface area contributed by atoms with Gasteiger partial charge >= 0.3 is 5.97 Å². The van der Waals surface area contributed by atoms with E-state index in [1.807, 2.05) is 13.8 Å². The normalized spacial score (nSPS) is 17.2. The quantitative estimate of drug-likeness (QED) is 0.386. The summed E-state index contributed by atoms with van der Waals surface area (Å²) in [6.45, 7) is 3.91. The van der Waals surface area contributed by atoms with Crippen molar-refractivity contribution in [3.63, 3.8) is 0 Å². The Labute approximate surface area is 102 Å². The molecule has 0 aliphatic rings. The lowest BCUT2D eigenvalue weighted by molar-refractivity contribution is -0.147. The highest BCUT2D eigenvalue weighted by molar-refractivity contribution is 7.86. The summed E-state index contributed by atoms with van der Waals surface area (Å²) >= 11 is 12.6. The minimum Gasteiger partial charge on any atom is -0.451 e. The molecular weight excluding hydrogens is 236 g/mol. The third-order valence-corrected chi connectivity index (χ3v) is 3.72. The summed E-state index contributed by atoms with van der Waals surface area (Å²) in [7, 11) is 0. The number of rotatable bonds is 6. The topological polar surface area (TPSA) is 26.3 Å². The Hall–Kier alpha value is 0.520. The Morgan fingerprint density at radius 3 is 2.43 bits per heavy atom. The number of thiol groups is 3. The van der Waals surface area contributed by atoms with E-state index in [9.17, 15) is 4.79 Å². The van der Waals surface area contributed by atoms with Gasteiger partial charge in [0.25, 0.3) is 0 Å². The Kier molecular flexibility index (Phi) is 7.16. The van der Waals surface area contributed by atoms with Gasteiger partial charge in [-0.25, -0.2) is 0 Å². The number of carbonyl (C=O) groups excluding carboxylic acids is 1. The predicted octanol–water partition coefficient (Wildman–Crippen LogP) is 2.59. The fourth-order valence-corrected chi connectivity index (χ4v) is 1.64. The van der Waals surface area contributed by atoms with Gasteiger partial charge in [0.05, 0.1) is 0 Å². The molecule has 0 aromatic heterocycles. The van der Waals surface area contributed by atoms with Gasteiger partial charge in [-0.05, 0) is 12.8 Å². The fraction of sp³-hybridized carbons (Fsp3) is 0.889. The summed E-state index contributed by atoms with van der Waals surface area (Å²) in [6.07, 6.45) is 2.24. The van der Waals surface area contributed by atoms with Crippen molar-refractivity contribution in [1.29, 1.82) is 0 Å². The van der Waals surface area contributed by atoms with Crippen molar-refractivity contribution in [2.75, 3.05) is 5.75 Å². The molecule has 84 valence electrons. The SMILES string of the molecule is CCCC(S)(CS)C(=O)OC(S)CC. The maximum atomic E-state index is 11.7. The highest BCUT2D eigenvalue weighted by atomic mass is 32.1. The van der Waals surface area contributed by atoms with Gasteiger partial charge in [-0.2, -0.15) is 25.3 Å². The Bertz CT molecular complexity index is 187. The summed E-state index contributed by atoms with van der Waals surface area (Å²) in [5.74, 6) is 0.0621. The van der Waals surface area contributed by atoms with Gasteiger partial charge in [0.15, 0.2) is 0 Å². The monoisotopic (exact) mass is 254 g/mol. The Balaban J connectivity index is 4.30. The lowest BCUT2D eigenvalue weighted by Gasteiger charge is -2.25. The molecule has 5 heteroatoms. The van der Waals surface area contributed by atoms with Gasteiger partial charge in [0.2, 0.25) is 0 Å². The first-order valence-electron chi connectivity index (χ1n) is 4.72. The molecule has 0 amide bonds. The van der Waals surface area contributed by atoms with Gasteiger partial charge in [-0.1, -0.05) is 20.3 Å². The first kappa shape index (κ1) is 14.5. The molecule has 0 aliphatic carbocycles. The van der Waals surface area contributed by atoms with E-state index >= 15 is 0 Å². The van der Waals surface area contributed by atoms with E-state index in [1.165, 1.54) is 0 Å². The maximum Gasteiger partial charge on any atom is 0.323 e. The third-order valence-electron chi connectivity index (χ3n) is 1.90. The van der Waals surface area contributed by atoms with Crippen molar-refractivity contribution in [3.8, 4) is 0 Å². The number of hydrogen-bond acceptors (Lipinski definition) is 5. The van der Waals surface area contributed by atoms with Crippen molar-refractivity contribution in [2.45, 2.75) is 43.3 Å². The molecule has 0 aliphatic heterocycles. The van der Waals surface area contributed by atoms with Gasteiger partial charge in [0, 0.05) is 5.75 Å². The fourth-order valence-electron chi connectivity index (χ4n) is 0.976. The molecule has 0 rings (SSSR count). The molecule has 2 nitrogen and oxygen atoms in total. The van der Waals surface area contributed by atoms with Crippen molar-refractivity contribution >= 4 is 43.9 Å². The average Bonchev–Trinajstić information content (AvgIpc) is 2.17. The van der Waals surface area contributed by atoms with Gasteiger partial charge in [0.1, 0.15) is 10.2 Å². The minimum absolute atomic E-state index is 0.320. The highest BCUT2D eigenvalue weighted by Gasteiger charge is 2.34. The van der Waals surface area contributed by atoms with Crippen molar-refractivity contribution in [3.05, 3.63) is 0 Å². The van der Waals surface area contributed by atoms with E-state index in [-0.39, 0.29) is 11.4 Å². The lowest BCUT2D eigenvalue weighted by atomic mass is 10.1. The van der Waals surface area contributed by atoms with E-state index in [0.29, 0.717) is 18.6 Å². The molecule has 0 radical (unpaired) electrons. The molecule has 0 aromatic rings. The van der Waals surface area contributed by atoms with Crippen LogP contribution in [0, 0.1) is 0 Å². The lowest BCUT2D eigenvalue weighted by Crippen LogP contribution is -2.37. The van der Waals surface area contributed by atoms with E-state index in [4.69, 9.17) is 4.74 Å². The standard InChI is InChI=1S/C9H18O2S3/c1-3-5-9(14,6-12)8(10)11-7(13)4-2/h7,12-14H,3-6H2,1-2H3. The molecular formula is C9H18O2S3. The van der Waals surface area contributed by atoms with E-state index in [0.717, 1.165) is 6.42 Å². The van der Waals surface area contributed by atoms with Crippen molar-refractivity contribution in [1.82, 2.24) is 0 Å². The molecule has 0 saturated heterocycles. The minimum atomic E-state index is -0.770. The van der Waals surface area contributed by atoms with E-state index in [2.05, 4.69) is 37.9 Å². The first-order valence-corrected chi connectivity index (χ1v) is 6.32. The van der Waals surface area contributed by atoms with Crippen LogP contribution in [0.25, 0.3) is 0 Å². The maximum absolute atomic E-state index is 11.7. The second-order valence-electron chi connectivity index (χ2n) is 3.21. The zero-order valence-corrected chi connectivity index (χ0v) is 11.2. The zero-order chi connectivity index (χ0) is 11.2. The van der Waals surface area contributed by atoms with E-state index in [1.54, 1.807) is 0 Å². The van der Waals surface area contributed by atoms with Crippen LogP contribution in [0.5, 0.6) is 0 Å². The summed E-state index contributed by atoms with van der Waals surface area (Å²) < 4.78 is 4.34. The summed E-state index contributed by atoms with van der Waals surface area (Å²) in [5, 5.41) is 0. The van der Waals surface area contributed by atoms with Gasteiger partial charge in [-0.3, -0.25) is 4.79 Å². The number of ether oxygens (including phenoxy) is 1. The highest BCUT2D eigenvalue weighted by Crippen LogP contribution is 2.25. The van der Waals surface area contributed by atoms with Crippen LogP contribution < -0.4 is 0 Å². The molecule has 0 N–H and O–H groups in total. The molecule has 0 bridgehead atoms. The smallest absolute Gasteiger partial charge is 0.323 e. The summed E-state index contributed by atoms with van der Waals surface area (Å²) in [5.41, 5.74) is -0.342. The predicted molar refractivity (Wildman–Crippen MR) is 69.6 cm³/mol. The molecule has 0 spiro atoms. The van der Waals surface area contributed by atoms with Crippen LogP contribution in [0.4, 0.5) is 0 Å². The summed E-state index contributed by atoms with van der Waals surface area (Å²) in [6, 6.07) is 0. The Morgan fingerprint density at radius 1 is 1.50 bits per heavy atom. The van der Waals surface area contributed by atoms with Crippen LogP contribution in [-0.4, -0.2) is 21.9 Å². The Morgan fingerprint density at radius 2 is 2.07 bits per heavy atom. The van der Waals surface area contributed by atoms with Crippen LogP contribution in [0.1, 0.15) is 33.1 Å². The molecule has 14 heavy (non-hydrogen) atoms. The number of hydrogen-bond donors (Lipinski definition) is 3. The molecule has 0 fully saturated rings. The number of esters is 1. The van der Waals surface area contributed by atoms with Gasteiger partial charge in [-0.15, -0.1) is 12.6 Å². The molecule has 0 heterocycles. The summed E-state index contributed by atoms with van der Waals surface area (Å²) in [4.78, 5) is 11.7. The molecule has 0 aromatic carbocycles. The number of carbonyl (C=O) groups is 1. The van der Waals surface area contributed by atoms with Crippen LogP contribution in [0.2, 0.25) is 0 Å². The first-order chi connectivity index (χ1) is 6.50. The van der Waals surface area contributed by atoms with E-state index < -0.39 is 4.75 Å². The molecule has 2 unspecified atom stereocenters. The second-order valence-corrected chi connectivity index (χ2v) is 4.96. The molecule has 2 atom stereocenters. The molecule has 0 saturated carbocycles. The average molecular weight is 254 g/mol. The third kappa shape index (κ3) is 4.36. The zero-order valence-electron chi connectivity index (χ0n) is 8.56. The van der Waals surface area contributed by atoms with Crippen LogP contribution in [0.3, 0.4) is 0 Å². The van der Waals surface area contributed by atoms with Crippen molar-refractivity contribution in [2.24, 2.45) is 0 Å². The largest absolute Gasteiger partial charge is 0.451 e. The van der Waals surface area contributed by atoms with Crippen molar-refractivity contribution < 1.29 is 9.53 Å².